The van der Waals surface area contributed by atoms with Gasteiger partial charge < -0.3 is 19.8 Å². The third-order valence-corrected chi connectivity index (χ3v) is 3.55. The van der Waals surface area contributed by atoms with Gasteiger partial charge in [-0.25, -0.2) is 0 Å². The number of hydrogen-bond acceptors (Lipinski definition) is 4. The summed E-state index contributed by atoms with van der Waals surface area (Å²) in [6.07, 6.45) is 2.51. The van der Waals surface area contributed by atoms with Crippen molar-refractivity contribution in [2.45, 2.75) is 19.9 Å². The van der Waals surface area contributed by atoms with Crippen molar-refractivity contribution in [3.8, 4) is 0 Å². The molecule has 0 saturated carbocycles. The lowest BCUT2D eigenvalue weighted by Gasteiger charge is -2.10. The van der Waals surface area contributed by atoms with Gasteiger partial charge in [0, 0.05) is 33.1 Å². The first-order chi connectivity index (χ1) is 8.57. The Morgan fingerprint density at radius 1 is 1.39 bits per heavy atom. The molecule has 1 rings (SSSR count). The predicted molar refractivity (Wildman–Crippen MR) is 74.9 cm³/mol. The third-order valence-electron chi connectivity index (χ3n) is 2.62. The van der Waals surface area contributed by atoms with Crippen molar-refractivity contribution in [3.63, 3.8) is 0 Å². The van der Waals surface area contributed by atoms with Crippen LogP contribution in [0.15, 0.2) is 15.5 Å². The van der Waals surface area contributed by atoms with Crippen molar-refractivity contribution in [1.29, 1.82) is 0 Å². The third kappa shape index (κ3) is 4.12. The minimum Gasteiger partial charge on any atom is -0.397 e. The Kier molecular flexibility index (Phi) is 6.38. The summed E-state index contributed by atoms with van der Waals surface area (Å²) in [6, 6.07) is 0. The Bertz CT molecular complexity index is 446. The van der Waals surface area contributed by atoms with Gasteiger partial charge in [-0.15, -0.1) is 0 Å². The van der Waals surface area contributed by atoms with Crippen LogP contribution in [0.3, 0.4) is 0 Å². The van der Waals surface area contributed by atoms with Crippen LogP contribution in [0.1, 0.15) is 12.0 Å². The SMILES string of the molecule is COCCCOCCn1cc(N)c(C)c(Br)c1=O. The van der Waals surface area contributed by atoms with E-state index >= 15 is 0 Å². The fraction of sp³-hybridized carbons (Fsp3) is 0.583. The van der Waals surface area contributed by atoms with E-state index < -0.39 is 0 Å². The molecule has 0 amide bonds. The lowest BCUT2D eigenvalue weighted by atomic mass is 10.2. The highest BCUT2D eigenvalue weighted by atomic mass is 79.9. The molecule has 0 atom stereocenters. The Hall–Kier alpha value is -0.850. The summed E-state index contributed by atoms with van der Waals surface area (Å²) in [7, 11) is 1.66. The van der Waals surface area contributed by atoms with E-state index in [0.29, 0.717) is 36.5 Å². The largest absolute Gasteiger partial charge is 0.397 e. The monoisotopic (exact) mass is 318 g/mol. The van der Waals surface area contributed by atoms with Crippen LogP contribution in [-0.2, 0) is 16.0 Å². The van der Waals surface area contributed by atoms with Crippen LogP contribution >= 0.6 is 15.9 Å². The molecule has 0 aliphatic rings. The summed E-state index contributed by atoms with van der Waals surface area (Å²) in [6.45, 7) is 4.11. The highest BCUT2D eigenvalue weighted by Crippen LogP contribution is 2.16. The Morgan fingerprint density at radius 3 is 2.78 bits per heavy atom. The fourth-order valence-electron chi connectivity index (χ4n) is 1.47. The number of pyridine rings is 1. The van der Waals surface area contributed by atoms with Crippen LogP contribution in [0.2, 0.25) is 0 Å². The van der Waals surface area contributed by atoms with Crippen molar-refractivity contribution in [1.82, 2.24) is 4.57 Å². The van der Waals surface area contributed by atoms with Gasteiger partial charge in [0.25, 0.3) is 5.56 Å². The van der Waals surface area contributed by atoms with Gasteiger partial charge in [0.2, 0.25) is 0 Å². The maximum atomic E-state index is 11.9. The van der Waals surface area contributed by atoms with Gasteiger partial charge in [-0.3, -0.25) is 4.79 Å². The average molecular weight is 319 g/mol. The first-order valence-electron chi connectivity index (χ1n) is 5.79. The van der Waals surface area contributed by atoms with Gasteiger partial charge in [-0.2, -0.15) is 0 Å². The van der Waals surface area contributed by atoms with Crippen molar-refractivity contribution >= 4 is 21.6 Å². The van der Waals surface area contributed by atoms with E-state index in [2.05, 4.69) is 15.9 Å². The molecule has 0 unspecified atom stereocenters. The molecule has 0 aromatic carbocycles. The highest BCUT2D eigenvalue weighted by Gasteiger charge is 2.07. The molecule has 0 radical (unpaired) electrons. The molecule has 0 spiro atoms. The molecule has 2 N–H and O–H groups in total. The van der Waals surface area contributed by atoms with E-state index in [1.54, 1.807) is 17.9 Å². The number of anilines is 1. The van der Waals surface area contributed by atoms with E-state index in [4.69, 9.17) is 15.2 Å². The van der Waals surface area contributed by atoms with Crippen LogP contribution in [0.25, 0.3) is 0 Å². The topological polar surface area (TPSA) is 66.5 Å². The number of halogens is 1. The number of hydrogen-bond donors (Lipinski definition) is 1. The van der Waals surface area contributed by atoms with Crippen molar-refractivity contribution in [2.24, 2.45) is 0 Å². The molecule has 102 valence electrons. The number of methoxy groups -OCH3 is 1. The van der Waals surface area contributed by atoms with Crippen molar-refractivity contribution in [3.05, 3.63) is 26.6 Å². The maximum Gasteiger partial charge on any atom is 0.265 e. The summed E-state index contributed by atoms with van der Waals surface area (Å²) in [5.74, 6) is 0. The predicted octanol–water partition coefficient (Wildman–Crippen LogP) is 1.55. The highest BCUT2D eigenvalue weighted by molar-refractivity contribution is 9.10. The molecule has 18 heavy (non-hydrogen) atoms. The molecule has 0 aliphatic heterocycles. The summed E-state index contributed by atoms with van der Waals surface area (Å²) < 4.78 is 12.4. The summed E-state index contributed by atoms with van der Waals surface area (Å²) in [5, 5.41) is 0. The number of aromatic nitrogens is 1. The quantitative estimate of drug-likeness (QED) is 0.775. The Balaban J connectivity index is 2.51. The van der Waals surface area contributed by atoms with E-state index in [1.165, 1.54) is 0 Å². The fourth-order valence-corrected chi connectivity index (χ4v) is 1.93. The summed E-state index contributed by atoms with van der Waals surface area (Å²) in [5.41, 5.74) is 7.11. The Morgan fingerprint density at radius 2 is 2.11 bits per heavy atom. The number of nitrogens with two attached hydrogens (primary N) is 1. The van der Waals surface area contributed by atoms with Crippen molar-refractivity contribution in [2.75, 3.05) is 32.7 Å². The normalized spacial score (nSPS) is 10.8. The minimum absolute atomic E-state index is 0.0813. The molecular formula is C12H19BrN2O3. The maximum absolute atomic E-state index is 11.9. The molecule has 0 aliphatic carbocycles. The second kappa shape index (κ2) is 7.56. The van der Waals surface area contributed by atoms with E-state index in [1.807, 2.05) is 6.92 Å². The van der Waals surface area contributed by atoms with Crippen LogP contribution in [-0.4, -0.2) is 31.5 Å². The average Bonchev–Trinajstić information content (AvgIpc) is 2.37. The van der Waals surface area contributed by atoms with Crippen LogP contribution in [0, 0.1) is 6.92 Å². The molecule has 0 fully saturated rings. The first kappa shape index (κ1) is 15.2. The zero-order valence-electron chi connectivity index (χ0n) is 10.7. The van der Waals surface area contributed by atoms with Gasteiger partial charge >= 0.3 is 0 Å². The minimum atomic E-state index is -0.0813. The molecule has 0 saturated heterocycles. The zero-order chi connectivity index (χ0) is 13.5. The standard InChI is InChI=1S/C12H19BrN2O3/c1-9-10(14)8-15(12(16)11(9)13)4-7-18-6-3-5-17-2/h8H,3-7,14H2,1-2H3. The smallest absolute Gasteiger partial charge is 0.265 e. The molecule has 0 bridgehead atoms. The lowest BCUT2D eigenvalue weighted by Crippen LogP contribution is -2.24. The van der Waals surface area contributed by atoms with Gasteiger partial charge in [0.1, 0.15) is 0 Å². The summed E-state index contributed by atoms with van der Waals surface area (Å²) >= 11 is 3.25. The molecule has 5 nitrogen and oxygen atoms in total. The van der Waals surface area contributed by atoms with Crippen LogP contribution < -0.4 is 11.3 Å². The second-order valence-corrected chi connectivity index (χ2v) is 4.77. The molecule has 6 heteroatoms. The zero-order valence-corrected chi connectivity index (χ0v) is 12.3. The molecule has 1 aromatic heterocycles. The number of nitrogens with zero attached hydrogens (tertiary/aromatic N) is 1. The number of nitrogen functional groups attached to an aromatic ring is 1. The van der Waals surface area contributed by atoms with Crippen molar-refractivity contribution < 1.29 is 9.47 Å². The molecule has 1 heterocycles. The van der Waals surface area contributed by atoms with Gasteiger partial charge in [0.05, 0.1) is 16.8 Å². The van der Waals surface area contributed by atoms with Gasteiger partial charge in [-0.1, -0.05) is 0 Å². The van der Waals surface area contributed by atoms with Crippen LogP contribution in [0.5, 0.6) is 0 Å². The number of rotatable bonds is 7. The molecule has 1 aromatic rings. The van der Waals surface area contributed by atoms with Gasteiger partial charge in [-0.05, 0) is 34.8 Å². The van der Waals surface area contributed by atoms with E-state index in [0.717, 1.165) is 12.0 Å². The van der Waals surface area contributed by atoms with Gasteiger partial charge in [0.15, 0.2) is 0 Å². The van der Waals surface area contributed by atoms with E-state index in [-0.39, 0.29) is 5.56 Å². The summed E-state index contributed by atoms with van der Waals surface area (Å²) in [4.78, 5) is 11.9. The lowest BCUT2D eigenvalue weighted by molar-refractivity contribution is 0.0972. The van der Waals surface area contributed by atoms with Crippen LogP contribution in [0.4, 0.5) is 5.69 Å². The number of ether oxygens (including phenoxy) is 2. The Labute approximate surface area is 115 Å². The first-order valence-corrected chi connectivity index (χ1v) is 6.59. The van der Waals surface area contributed by atoms with E-state index in [9.17, 15) is 4.79 Å². The molecular weight excluding hydrogens is 300 g/mol. The second-order valence-electron chi connectivity index (χ2n) is 3.98.